The van der Waals surface area contributed by atoms with Gasteiger partial charge in [-0.2, -0.15) is 0 Å². The van der Waals surface area contributed by atoms with E-state index in [0.29, 0.717) is 20.5 Å². The van der Waals surface area contributed by atoms with Gasteiger partial charge in [0.25, 0.3) is 5.91 Å². The minimum atomic E-state index is -0.370. The van der Waals surface area contributed by atoms with Crippen molar-refractivity contribution in [1.29, 1.82) is 0 Å². The molecular formula is C12H10FIN4O. The molecule has 2 rings (SSSR count). The molecule has 0 saturated carbocycles. The van der Waals surface area contributed by atoms with Crippen LogP contribution in [0.15, 0.2) is 36.7 Å². The molecule has 4 N–H and O–H groups in total. The lowest BCUT2D eigenvalue weighted by molar-refractivity contribution is 0.102. The highest BCUT2D eigenvalue weighted by molar-refractivity contribution is 14.1. The van der Waals surface area contributed by atoms with E-state index in [1.54, 1.807) is 6.07 Å². The zero-order valence-corrected chi connectivity index (χ0v) is 11.8. The van der Waals surface area contributed by atoms with E-state index in [0.717, 1.165) is 0 Å². The van der Waals surface area contributed by atoms with Gasteiger partial charge in [0.15, 0.2) is 0 Å². The van der Waals surface area contributed by atoms with E-state index in [2.05, 4.69) is 15.7 Å². The molecule has 19 heavy (non-hydrogen) atoms. The van der Waals surface area contributed by atoms with E-state index in [1.807, 2.05) is 22.6 Å². The predicted octanol–water partition coefficient (Wildman–Crippen LogP) is 2.36. The van der Waals surface area contributed by atoms with Gasteiger partial charge >= 0.3 is 0 Å². The van der Waals surface area contributed by atoms with Crippen molar-refractivity contribution < 1.29 is 9.18 Å². The average molecular weight is 372 g/mol. The molecule has 98 valence electrons. The zero-order chi connectivity index (χ0) is 13.8. The zero-order valence-electron chi connectivity index (χ0n) is 9.65. The molecule has 0 atom stereocenters. The van der Waals surface area contributed by atoms with Gasteiger partial charge in [0.1, 0.15) is 5.82 Å². The molecule has 0 spiro atoms. The number of carbonyl (C=O) groups is 1. The third kappa shape index (κ3) is 3.18. The number of nitrogens with two attached hydrogens (primary N) is 1. The number of hydrogen-bond acceptors (Lipinski definition) is 4. The Morgan fingerprint density at radius 1 is 1.32 bits per heavy atom. The molecule has 0 saturated heterocycles. The Morgan fingerprint density at radius 3 is 2.79 bits per heavy atom. The van der Waals surface area contributed by atoms with Crippen LogP contribution < -0.4 is 16.6 Å². The number of amides is 1. The molecule has 0 fully saturated rings. The first-order chi connectivity index (χ1) is 9.11. The van der Waals surface area contributed by atoms with E-state index in [-0.39, 0.29) is 11.7 Å². The first-order valence-electron chi connectivity index (χ1n) is 5.29. The van der Waals surface area contributed by atoms with Gasteiger partial charge in [-0.05, 0) is 46.9 Å². The van der Waals surface area contributed by atoms with Crippen molar-refractivity contribution in [3.63, 3.8) is 0 Å². The molecule has 0 aliphatic rings. The third-order valence-electron chi connectivity index (χ3n) is 2.40. The Kier molecular flexibility index (Phi) is 4.27. The van der Waals surface area contributed by atoms with Gasteiger partial charge in [0, 0.05) is 16.0 Å². The number of nitrogens with one attached hydrogen (secondary N) is 2. The van der Waals surface area contributed by atoms with Gasteiger partial charge in [0.2, 0.25) is 0 Å². The topological polar surface area (TPSA) is 80.0 Å². The first-order valence-corrected chi connectivity index (χ1v) is 6.36. The van der Waals surface area contributed by atoms with Crippen molar-refractivity contribution in [3.8, 4) is 0 Å². The molecule has 0 radical (unpaired) electrons. The van der Waals surface area contributed by atoms with E-state index < -0.39 is 0 Å². The minimum absolute atomic E-state index is 0.310. The Bertz CT molecular complexity index is 620. The van der Waals surface area contributed by atoms with Gasteiger partial charge in [-0.15, -0.1) is 0 Å². The minimum Gasteiger partial charge on any atom is -0.323 e. The normalized spacial score (nSPS) is 10.1. The quantitative estimate of drug-likeness (QED) is 0.439. The SMILES string of the molecule is NNc1ccncc1C(=O)Nc1ccc(F)cc1I. The summed E-state index contributed by atoms with van der Waals surface area (Å²) in [5.41, 5.74) is 3.72. The maximum absolute atomic E-state index is 13.0. The standard InChI is InChI=1S/C12H10FIN4O/c13-7-1-2-11(9(14)5-7)17-12(19)8-6-16-4-3-10(8)18-15/h1-6H,15H2,(H,16,18)(H,17,19). The van der Waals surface area contributed by atoms with Crippen molar-refractivity contribution in [1.82, 2.24) is 4.98 Å². The molecule has 0 unspecified atom stereocenters. The lowest BCUT2D eigenvalue weighted by Crippen LogP contribution is -2.18. The molecule has 1 aromatic carbocycles. The Labute approximate surface area is 122 Å². The third-order valence-corrected chi connectivity index (χ3v) is 3.29. The second-order valence-corrected chi connectivity index (χ2v) is 4.81. The summed E-state index contributed by atoms with van der Waals surface area (Å²) in [6.07, 6.45) is 2.93. The van der Waals surface area contributed by atoms with Crippen LogP contribution in [-0.4, -0.2) is 10.9 Å². The Morgan fingerprint density at radius 2 is 2.11 bits per heavy atom. The van der Waals surface area contributed by atoms with Crippen LogP contribution in [0.2, 0.25) is 0 Å². The van der Waals surface area contributed by atoms with Crippen molar-refractivity contribution in [3.05, 3.63) is 51.6 Å². The molecule has 1 aromatic heterocycles. The highest BCUT2D eigenvalue weighted by atomic mass is 127. The number of nitrogen functional groups attached to an aromatic ring is 1. The maximum Gasteiger partial charge on any atom is 0.259 e. The van der Waals surface area contributed by atoms with E-state index in [4.69, 9.17) is 5.84 Å². The van der Waals surface area contributed by atoms with Crippen LogP contribution in [0.4, 0.5) is 15.8 Å². The van der Waals surface area contributed by atoms with Crippen LogP contribution in [0.5, 0.6) is 0 Å². The second kappa shape index (κ2) is 5.93. The van der Waals surface area contributed by atoms with Gasteiger partial charge in [-0.25, -0.2) is 4.39 Å². The second-order valence-electron chi connectivity index (χ2n) is 3.64. The van der Waals surface area contributed by atoms with Gasteiger partial charge in [-0.3, -0.25) is 15.6 Å². The predicted molar refractivity (Wildman–Crippen MR) is 79.1 cm³/mol. The number of hydrazine groups is 1. The summed E-state index contributed by atoms with van der Waals surface area (Å²) in [5.74, 6) is 4.60. The van der Waals surface area contributed by atoms with Crippen LogP contribution in [-0.2, 0) is 0 Å². The number of halogens is 2. The number of aromatic nitrogens is 1. The van der Waals surface area contributed by atoms with Crippen LogP contribution in [0.1, 0.15) is 10.4 Å². The summed E-state index contributed by atoms with van der Waals surface area (Å²) in [6, 6.07) is 5.70. The van der Waals surface area contributed by atoms with Crippen LogP contribution >= 0.6 is 22.6 Å². The Balaban J connectivity index is 2.26. The number of rotatable bonds is 3. The van der Waals surface area contributed by atoms with Crippen molar-refractivity contribution in [2.24, 2.45) is 5.84 Å². The molecular weight excluding hydrogens is 362 g/mol. The maximum atomic E-state index is 13.0. The Hall–Kier alpha value is -1.74. The molecule has 2 aromatic rings. The first kappa shape index (κ1) is 13.7. The van der Waals surface area contributed by atoms with Crippen LogP contribution in [0.3, 0.4) is 0 Å². The molecule has 0 aliphatic carbocycles. The summed E-state index contributed by atoms with van der Waals surface area (Å²) >= 11 is 1.95. The number of anilines is 2. The number of nitrogens with zero attached hydrogens (tertiary/aromatic N) is 1. The van der Waals surface area contributed by atoms with Crippen molar-refractivity contribution in [2.45, 2.75) is 0 Å². The fourth-order valence-electron chi connectivity index (χ4n) is 1.48. The van der Waals surface area contributed by atoms with Gasteiger partial charge in [0.05, 0.1) is 16.9 Å². The van der Waals surface area contributed by atoms with Crippen molar-refractivity contribution >= 4 is 39.9 Å². The summed E-state index contributed by atoms with van der Waals surface area (Å²) in [5, 5.41) is 2.68. The fourth-order valence-corrected chi connectivity index (χ4v) is 2.09. The molecule has 7 heteroatoms. The van der Waals surface area contributed by atoms with E-state index in [9.17, 15) is 9.18 Å². The highest BCUT2D eigenvalue weighted by Gasteiger charge is 2.12. The molecule has 0 bridgehead atoms. The van der Waals surface area contributed by atoms with Crippen molar-refractivity contribution in [2.75, 3.05) is 10.7 Å². The monoisotopic (exact) mass is 372 g/mol. The number of benzene rings is 1. The van der Waals surface area contributed by atoms with Gasteiger partial charge in [-0.1, -0.05) is 0 Å². The molecule has 0 aliphatic heterocycles. The molecule has 1 heterocycles. The smallest absolute Gasteiger partial charge is 0.259 e. The number of pyridine rings is 1. The van der Waals surface area contributed by atoms with E-state index >= 15 is 0 Å². The van der Waals surface area contributed by atoms with Gasteiger partial charge < -0.3 is 10.7 Å². The summed E-state index contributed by atoms with van der Waals surface area (Å²) in [7, 11) is 0. The summed E-state index contributed by atoms with van der Waals surface area (Å²) in [6.45, 7) is 0. The lowest BCUT2D eigenvalue weighted by Gasteiger charge is -2.10. The average Bonchev–Trinajstić information content (AvgIpc) is 2.41. The highest BCUT2D eigenvalue weighted by Crippen LogP contribution is 2.21. The van der Waals surface area contributed by atoms with Crippen LogP contribution in [0.25, 0.3) is 0 Å². The largest absolute Gasteiger partial charge is 0.323 e. The molecule has 1 amide bonds. The fraction of sp³-hybridized carbons (Fsp3) is 0. The van der Waals surface area contributed by atoms with E-state index in [1.165, 1.54) is 30.6 Å². The number of carbonyl (C=O) groups excluding carboxylic acids is 1. The number of hydrogen-bond donors (Lipinski definition) is 3. The summed E-state index contributed by atoms with van der Waals surface area (Å²) < 4.78 is 13.6. The summed E-state index contributed by atoms with van der Waals surface area (Å²) in [4.78, 5) is 16.0. The lowest BCUT2D eigenvalue weighted by atomic mass is 10.2. The molecule has 5 nitrogen and oxygen atoms in total. The van der Waals surface area contributed by atoms with Crippen LogP contribution in [0, 0.1) is 9.39 Å².